The van der Waals surface area contributed by atoms with E-state index in [4.69, 9.17) is 21.1 Å². The highest BCUT2D eigenvalue weighted by Crippen LogP contribution is 2.33. The monoisotopic (exact) mass is 444 g/mol. The lowest BCUT2D eigenvalue weighted by Gasteiger charge is -2.19. The van der Waals surface area contributed by atoms with E-state index in [2.05, 4.69) is 10.0 Å². The summed E-state index contributed by atoms with van der Waals surface area (Å²) in [6.07, 6.45) is 0. The number of anilines is 2. The van der Waals surface area contributed by atoms with Crippen LogP contribution >= 0.6 is 11.6 Å². The second kappa shape index (κ2) is 8.25. The number of carbonyl (C=O) groups excluding carboxylic acids is 1. The van der Waals surface area contributed by atoms with Gasteiger partial charge in [0.1, 0.15) is 18.1 Å². The highest BCUT2D eigenvalue weighted by Gasteiger charge is 2.21. The van der Waals surface area contributed by atoms with Crippen LogP contribution in [0, 0.1) is 0 Å². The summed E-state index contributed by atoms with van der Waals surface area (Å²) in [7, 11) is -3.98. The summed E-state index contributed by atoms with van der Waals surface area (Å²) in [5.74, 6) is 0.656. The van der Waals surface area contributed by atoms with Gasteiger partial charge in [-0.1, -0.05) is 35.9 Å². The molecule has 4 rings (SSSR count). The summed E-state index contributed by atoms with van der Waals surface area (Å²) >= 11 is 6.02. The number of amides is 1. The minimum absolute atomic E-state index is 0.0753. The van der Waals surface area contributed by atoms with Gasteiger partial charge in [0.25, 0.3) is 15.9 Å². The zero-order valence-electron chi connectivity index (χ0n) is 15.6. The minimum Gasteiger partial charge on any atom is -0.486 e. The van der Waals surface area contributed by atoms with E-state index < -0.39 is 15.9 Å². The average molecular weight is 445 g/mol. The number of rotatable bonds is 5. The van der Waals surface area contributed by atoms with Crippen molar-refractivity contribution in [1.29, 1.82) is 0 Å². The van der Waals surface area contributed by atoms with Crippen molar-refractivity contribution in [1.82, 2.24) is 0 Å². The number of halogens is 1. The van der Waals surface area contributed by atoms with Crippen LogP contribution in [0.15, 0.2) is 71.6 Å². The summed E-state index contributed by atoms with van der Waals surface area (Å²) in [4.78, 5) is 12.8. The predicted molar refractivity (Wildman–Crippen MR) is 114 cm³/mol. The molecule has 0 saturated heterocycles. The third kappa shape index (κ3) is 4.19. The average Bonchev–Trinajstić information content (AvgIpc) is 2.74. The first-order valence-corrected chi connectivity index (χ1v) is 10.9. The molecule has 1 aliphatic heterocycles. The molecule has 3 aromatic carbocycles. The molecule has 0 fully saturated rings. The smallest absolute Gasteiger partial charge is 0.263 e. The molecule has 1 aliphatic rings. The normalized spacial score (nSPS) is 12.8. The number of para-hydroxylation sites is 1. The number of benzene rings is 3. The molecule has 154 valence electrons. The van der Waals surface area contributed by atoms with Crippen LogP contribution in [0.1, 0.15) is 10.4 Å². The van der Waals surface area contributed by atoms with Crippen LogP contribution in [-0.4, -0.2) is 27.5 Å². The van der Waals surface area contributed by atoms with Gasteiger partial charge in [0.15, 0.2) is 11.5 Å². The van der Waals surface area contributed by atoms with Crippen molar-refractivity contribution in [2.45, 2.75) is 4.90 Å². The summed E-state index contributed by atoms with van der Waals surface area (Å²) in [5, 5.41) is 2.84. The van der Waals surface area contributed by atoms with Crippen LogP contribution in [0.2, 0.25) is 5.02 Å². The number of sulfonamides is 1. The van der Waals surface area contributed by atoms with Gasteiger partial charge in [0.05, 0.1) is 16.3 Å². The Bertz CT molecular complexity index is 1210. The van der Waals surface area contributed by atoms with Crippen LogP contribution in [0.4, 0.5) is 11.4 Å². The van der Waals surface area contributed by atoms with Gasteiger partial charge in [-0.3, -0.25) is 9.52 Å². The first-order chi connectivity index (χ1) is 14.4. The fourth-order valence-corrected chi connectivity index (χ4v) is 4.55. The maximum absolute atomic E-state index is 12.8. The molecule has 0 saturated carbocycles. The number of carbonyl (C=O) groups is 1. The molecule has 9 heteroatoms. The van der Waals surface area contributed by atoms with E-state index in [1.807, 2.05) is 0 Å². The van der Waals surface area contributed by atoms with Crippen LogP contribution in [0.5, 0.6) is 11.5 Å². The molecule has 0 unspecified atom stereocenters. The van der Waals surface area contributed by atoms with Crippen molar-refractivity contribution in [3.05, 3.63) is 77.3 Å². The Balaban J connectivity index is 1.59. The molecule has 0 bridgehead atoms. The fourth-order valence-electron chi connectivity index (χ4n) is 2.95. The third-order valence-electron chi connectivity index (χ3n) is 4.34. The van der Waals surface area contributed by atoms with Crippen LogP contribution in [0.25, 0.3) is 0 Å². The molecule has 0 spiro atoms. The van der Waals surface area contributed by atoms with E-state index in [1.165, 1.54) is 24.3 Å². The van der Waals surface area contributed by atoms with E-state index in [0.29, 0.717) is 30.4 Å². The van der Waals surface area contributed by atoms with Crippen molar-refractivity contribution in [3.63, 3.8) is 0 Å². The van der Waals surface area contributed by atoms with Crippen molar-refractivity contribution in [2.24, 2.45) is 0 Å². The van der Waals surface area contributed by atoms with E-state index in [1.54, 1.807) is 42.5 Å². The van der Waals surface area contributed by atoms with Crippen molar-refractivity contribution in [3.8, 4) is 11.5 Å². The van der Waals surface area contributed by atoms with Gasteiger partial charge in [-0.2, -0.15) is 0 Å². The van der Waals surface area contributed by atoms with Crippen LogP contribution in [0.3, 0.4) is 0 Å². The summed E-state index contributed by atoms with van der Waals surface area (Å²) in [6.45, 7) is 0.898. The fraction of sp³-hybridized carbons (Fsp3) is 0.0952. The number of ether oxygens (including phenoxy) is 2. The molecular formula is C21H17ClN2O5S. The van der Waals surface area contributed by atoms with Gasteiger partial charge >= 0.3 is 0 Å². The van der Waals surface area contributed by atoms with Gasteiger partial charge in [-0.15, -0.1) is 0 Å². The molecule has 1 heterocycles. The third-order valence-corrected chi connectivity index (χ3v) is 6.21. The van der Waals surface area contributed by atoms with E-state index in [-0.39, 0.29) is 21.2 Å². The lowest BCUT2D eigenvalue weighted by atomic mass is 10.1. The van der Waals surface area contributed by atoms with Gasteiger partial charge in [-0.05, 0) is 36.4 Å². The summed E-state index contributed by atoms with van der Waals surface area (Å²) in [6, 6.07) is 17.4. The van der Waals surface area contributed by atoms with Gasteiger partial charge in [0, 0.05) is 11.8 Å². The second-order valence-electron chi connectivity index (χ2n) is 6.39. The standard InChI is InChI=1S/C21H17ClN2O5S/c22-16-6-2-4-8-20(16)30(26,27)24-17-7-3-1-5-15(17)21(25)23-14-9-10-18-19(13-14)29-12-11-28-18/h1-10,13,24H,11-12H2,(H,23,25). The zero-order chi connectivity index (χ0) is 21.1. The van der Waals surface area contributed by atoms with Crippen molar-refractivity contribution >= 4 is 38.9 Å². The summed E-state index contributed by atoms with van der Waals surface area (Å²) < 4.78 is 38.9. The van der Waals surface area contributed by atoms with Crippen LogP contribution < -0.4 is 19.5 Å². The molecule has 30 heavy (non-hydrogen) atoms. The quantitative estimate of drug-likeness (QED) is 0.616. The van der Waals surface area contributed by atoms with Gasteiger partial charge in [-0.25, -0.2) is 8.42 Å². The Hall–Kier alpha value is -3.23. The molecule has 1 amide bonds. The molecule has 7 nitrogen and oxygen atoms in total. The second-order valence-corrected chi connectivity index (χ2v) is 8.45. The molecular weight excluding hydrogens is 428 g/mol. The van der Waals surface area contributed by atoms with E-state index >= 15 is 0 Å². The van der Waals surface area contributed by atoms with Crippen molar-refractivity contribution in [2.75, 3.05) is 23.3 Å². The van der Waals surface area contributed by atoms with E-state index in [0.717, 1.165) is 0 Å². The predicted octanol–water partition coefficient (Wildman–Crippen LogP) is 4.16. The number of fused-ring (bicyclic) bond motifs is 1. The lowest BCUT2D eigenvalue weighted by Crippen LogP contribution is -2.19. The molecule has 0 aromatic heterocycles. The SMILES string of the molecule is O=C(Nc1ccc2c(c1)OCCO2)c1ccccc1NS(=O)(=O)c1ccccc1Cl. The zero-order valence-corrected chi connectivity index (χ0v) is 17.2. The van der Waals surface area contributed by atoms with Crippen LogP contribution in [-0.2, 0) is 10.0 Å². The van der Waals surface area contributed by atoms with Gasteiger partial charge in [0.2, 0.25) is 0 Å². The van der Waals surface area contributed by atoms with Crippen molar-refractivity contribution < 1.29 is 22.7 Å². The highest BCUT2D eigenvalue weighted by atomic mass is 35.5. The lowest BCUT2D eigenvalue weighted by molar-refractivity contribution is 0.102. The molecule has 3 aromatic rings. The Morgan fingerprint density at radius 3 is 2.40 bits per heavy atom. The Labute approximate surface area is 178 Å². The number of hydrogen-bond donors (Lipinski definition) is 2. The number of hydrogen-bond acceptors (Lipinski definition) is 5. The number of nitrogens with one attached hydrogen (secondary N) is 2. The Morgan fingerprint density at radius 2 is 1.60 bits per heavy atom. The van der Waals surface area contributed by atoms with Gasteiger partial charge < -0.3 is 14.8 Å². The minimum atomic E-state index is -3.98. The topological polar surface area (TPSA) is 93.7 Å². The highest BCUT2D eigenvalue weighted by molar-refractivity contribution is 7.92. The first-order valence-electron chi connectivity index (χ1n) is 9.01. The van der Waals surface area contributed by atoms with E-state index in [9.17, 15) is 13.2 Å². The molecule has 0 atom stereocenters. The maximum atomic E-state index is 12.8. The Morgan fingerprint density at radius 1 is 0.900 bits per heavy atom. The Kier molecular flexibility index (Phi) is 5.52. The largest absolute Gasteiger partial charge is 0.486 e. The molecule has 2 N–H and O–H groups in total. The maximum Gasteiger partial charge on any atom is 0.263 e. The molecule has 0 aliphatic carbocycles. The summed E-state index contributed by atoms with van der Waals surface area (Å²) in [5.41, 5.74) is 0.781. The molecule has 0 radical (unpaired) electrons. The first kappa shape index (κ1) is 20.1.